The Morgan fingerprint density at radius 2 is 1.90 bits per heavy atom. The van der Waals surface area contributed by atoms with Crippen LogP contribution in [0.5, 0.6) is 0 Å². The molecule has 1 amide bonds. The molecule has 1 aliphatic rings. The summed E-state index contributed by atoms with van der Waals surface area (Å²) in [6.07, 6.45) is 3.83. The predicted octanol–water partition coefficient (Wildman–Crippen LogP) is 2.03. The molecule has 1 aromatic rings. The average molecular weight is 360 g/mol. The zero-order chi connectivity index (χ0) is 14.8. The van der Waals surface area contributed by atoms with Gasteiger partial charge in [0.25, 0.3) is 0 Å². The molecule has 0 heterocycles. The van der Waals surface area contributed by atoms with Crippen molar-refractivity contribution >= 4 is 31.7 Å². The summed E-state index contributed by atoms with van der Waals surface area (Å²) in [6.45, 7) is 0.177. The number of rotatable bonds is 5. The van der Waals surface area contributed by atoms with Crippen LogP contribution in [0.1, 0.15) is 24.8 Å². The number of carbonyl (C=O) groups excluding carboxylic acids is 1. The van der Waals surface area contributed by atoms with E-state index in [0.29, 0.717) is 0 Å². The number of benzene rings is 1. The summed E-state index contributed by atoms with van der Waals surface area (Å²) in [5, 5.41) is 2.77. The summed E-state index contributed by atoms with van der Waals surface area (Å²) in [5.74, 6) is -0.0791. The van der Waals surface area contributed by atoms with Crippen molar-refractivity contribution < 1.29 is 13.2 Å². The molecule has 0 aliphatic heterocycles. The van der Waals surface area contributed by atoms with Crippen LogP contribution in [0.25, 0.3) is 0 Å². The van der Waals surface area contributed by atoms with Crippen LogP contribution in [0.3, 0.4) is 0 Å². The van der Waals surface area contributed by atoms with Crippen LogP contribution >= 0.6 is 15.9 Å². The van der Waals surface area contributed by atoms with Crippen molar-refractivity contribution in [3.63, 3.8) is 0 Å². The number of nitrogens with one attached hydrogen (secondary N) is 1. The lowest BCUT2D eigenvalue weighted by molar-refractivity contribution is -0.129. The van der Waals surface area contributed by atoms with Gasteiger partial charge in [0, 0.05) is 17.3 Å². The SMILES string of the molecule is CS(=O)(=O)CCNC(=O)C1(c2ccc(Br)cc2)CCC1. The van der Waals surface area contributed by atoms with Crippen molar-refractivity contribution in [1.82, 2.24) is 5.32 Å². The van der Waals surface area contributed by atoms with E-state index in [4.69, 9.17) is 0 Å². The van der Waals surface area contributed by atoms with Crippen LogP contribution in [-0.2, 0) is 20.0 Å². The highest BCUT2D eigenvalue weighted by atomic mass is 79.9. The molecule has 0 unspecified atom stereocenters. The molecule has 0 radical (unpaired) electrons. The molecule has 1 N–H and O–H groups in total. The van der Waals surface area contributed by atoms with E-state index in [1.807, 2.05) is 24.3 Å². The standard InChI is InChI=1S/C14H18BrNO3S/c1-20(18,19)10-9-16-13(17)14(7-2-8-14)11-3-5-12(15)6-4-11/h3-6H,2,7-10H2,1H3,(H,16,17). The Bertz CT molecular complexity index is 591. The summed E-state index contributed by atoms with van der Waals surface area (Å²) < 4.78 is 23.2. The molecule has 110 valence electrons. The molecule has 20 heavy (non-hydrogen) atoms. The number of sulfone groups is 1. The van der Waals surface area contributed by atoms with Crippen molar-refractivity contribution in [2.75, 3.05) is 18.6 Å². The molecular weight excluding hydrogens is 342 g/mol. The van der Waals surface area contributed by atoms with Crippen molar-refractivity contribution in [2.24, 2.45) is 0 Å². The second-order valence-corrected chi connectivity index (χ2v) is 8.50. The molecule has 0 spiro atoms. The number of halogens is 1. The Labute approximate surface area is 128 Å². The smallest absolute Gasteiger partial charge is 0.230 e. The molecule has 1 aromatic carbocycles. The van der Waals surface area contributed by atoms with Crippen molar-refractivity contribution in [2.45, 2.75) is 24.7 Å². The molecule has 0 aromatic heterocycles. The fourth-order valence-corrected chi connectivity index (χ4v) is 3.20. The first-order valence-corrected chi connectivity index (χ1v) is 9.41. The lowest BCUT2D eigenvalue weighted by Gasteiger charge is -2.40. The summed E-state index contributed by atoms with van der Waals surface area (Å²) in [7, 11) is -3.05. The van der Waals surface area contributed by atoms with Crippen LogP contribution in [0.4, 0.5) is 0 Å². The third-order valence-corrected chi connectivity index (χ3v) is 5.27. The van der Waals surface area contributed by atoms with E-state index < -0.39 is 15.3 Å². The van der Waals surface area contributed by atoms with Gasteiger partial charge in [0.1, 0.15) is 9.84 Å². The Hall–Kier alpha value is -0.880. The second kappa shape index (κ2) is 5.85. The maximum atomic E-state index is 12.4. The number of hydrogen-bond acceptors (Lipinski definition) is 3. The molecule has 4 nitrogen and oxygen atoms in total. The summed E-state index contributed by atoms with van der Waals surface area (Å²) in [5.41, 5.74) is 0.530. The van der Waals surface area contributed by atoms with Gasteiger partial charge in [-0.3, -0.25) is 4.79 Å². The van der Waals surface area contributed by atoms with Gasteiger partial charge in [-0.2, -0.15) is 0 Å². The molecule has 0 saturated heterocycles. The Morgan fingerprint density at radius 3 is 2.35 bits per heavy atom. The lowest BCUT2D eigenvalue weighted by atomic mass is 9.64. The maximum absolute atomic E-state index is 12.4. The Kier molecular flexibility index (Phi) is 4.54. The largest absolute Gasteiger partial charge is 0.354 e. The van der Waals surface area contributed by atoms with Crippen molar-refractivity contribution in [3.05, 3.63) is 34.3 Å². The monoisotopic (exact) mass is 359 g/mol. The van der Waals surface area contributed by atoms with Crippen LogP contribution < -0.4 is 5.32 Å². The predicted molar refractivity (Wildman–Crippen MR) is 82.4 cm³/mol. The summed E-state index contributed by atoms with van der Waals surface area (Å²) >= 11 is 3.39. The number of hydrogen-bond donors (Lipinski definition) is 1. The van der Waals surface area contributed by atoms with E-state index in [9.17, 15) is 13.2 Å². The van der Waals surface area contributed by atoms with E-state index in [0.717, 1.165) is 29.3 Å². The number of amides is 1. The van der Waals surface area contributed by atoms with Gasteiger partial charge < -0.3 is 5.32 Å². The third kappa shape index (κ3) is 3.41. The van der Waals surface area contributed by atoms with Gasteiger partial charge in [0.2, 0.25) is 5.91 Å². The Balaban J connectivity index is 2.07. The molecule has 1 fully saturated rings. The van der Waals surface area contributed by atoms with Gasteiger partial charge in [-0.15, -0.1) is 0 Å². The first-order valence-electron chi connectivity index (χ1n) is 6.56. The highest BCUT2D eigenvalue weighted by Gasteiger charge is 2.45. The first-order chi connectivity index (χ1) is 9.33. The van der Waals surface area contributed by atoms with Crippen LogP contribution in [0.15, 0.2) is 28.7 Å². The minimum absolute atomic E-state index is 0.0187. The average Bonchev–Trinajstić information content (AvgIpc) is 2.28. The van der Waals surface area contributed by atoms with Gasteiger partial charge in [0.05, 0.1) is 11.2 Å². The third-order valence-electron chi connectivity index (χ3n) is 3.80. The fraction of sp³-hybridized carbons (Fsp3) is 0.500. The topological polar surface area (TPSA) is 63.2 Å². The fourth-order valence-electron chi connectivity index (χ4n) is 2.47. The lowest BCUT2D eigenvalue weighted by Crippen LogP contribution is -2.50. The van der Waals surface area contributed by atoms with E-state index in [1.165, 1.54) is 6.26 Å². The first kappa shape index (κ1) is 15.5. The van der Waals surface area contributed by atoms with Crippen LogP contribution in [-0.4, -0.2) is 32.9 Å². The van der Waals surface area contributed by atoms with Gasteiger partial charge in [-0.1, -0.05) is 34.5 Å². The molecule has 2 rings (SSSR count). The summed E-state index contributed by atoms with van der Waals surface area (Å²) in [4.78, 5) is 12.4. The second-order valence-electron chi connectivity index (χ2n) is 5.33. The normalized spacial score (nSPS) is 17.3. The van der Waals surface area contributed by atoms with Crippen LogP contribution in [0.2, 0.25) is 0 Å². The highest BCUT2D eigenvalue weighted by molar-refractivity contribution is 9.10. The molecule has 1 saturated carbocycles. The van der Waals surface area contributed by atoms with Crippen LogP contribution in [0, 0.1) is 0 Å². The van der Waals surface area contributed by atoms with E-state index in [1.54, 1.807) is 0 Å². The summed E-state index contributed by atoms with van der Waals surface area (Å²) in [6, 6.07) is 7.77. The van der Waals surface area contributed by atoms with Gasteiger partial charge in [-0.25, -0.2) is 8.42 Å². The molecule has 0 atom stereocenters. The molecule has 6 heteroatoms. The molecular formula is C14H18BrNO3S. The zero-order valence-electron chi connectivity index (χ0n) is 11.4. The van der Waals surface area contributed by atoms with Crippen molar-refractivity contribution in [3.8, 4) is 0 Å². The maximum Gasteiger partial charge on any atom is 0.230 e. The molecule has 1 aliphatic carbocycles. The van der Waals surface area contributed by atoms with E-state index >= 15 is 0 Å². The quantitative estimate of drug-likeness (QED) is 0.874. The molecule has 0 bridgehead atoms. The van der Waals surface area contributed by atoms with E-state index in [-0.39, 0.29) is 18.2 Å². The highest BCUT2D eigenvalue weighted by Crippen LogP contribution is 2.44. The zero-order valence-corrected chi connectivity index (χ0v) is 13.8. The van der Waals surface area contributed by atoms with Gasteiger partial charge in [-0.05, 0) is 30.5 Å². The minimum Gasteiger partial charge on any atom is -0.354 e. The van der Waals surface area contributed by atoms with Gasteiger partial charge in [0.15, 0.2) is 0 Å². The van der Waals surface area contributed by atoms with Gasteiger partial charge >= 0.3 is 0 Å². The number of carbonyl (C=O) groups is 1. The van der Waals surface area contributed by atoms with Crippen molar-refractivity contribution in [1.29, 1.82) is 0 Å². The Morgan fingerprint density at radius 1 is 1.30 bits per heavy atom. The minimum atomic E-state index is -3.05. The van der Waals surface area contributed by atoms with E-state index in [2.05, 4.69) is 21.2 Å².